The zero-order valence-electron chi connectivity index (χ0n) is 16.1. The van der Waals surface area contributed by atoms with Crippen LogP contribution in [0.3, 0.4) is 0 Å². The van der Waals surface area contributed by atoms with Crippen molar-refractivity contribution in [3.05, 3.63) is 0 Å². The van der Waals surface area contributed by atoms with Crippen molar-refractivity contribution < 1.29 is 27.7 Å². The third kappa shape index (κ3) is 3.02. The molecular formula is C18H31NO6S. The maximum absolute atomic E-state index is 11.4. The lowest BCUT2D eigenvalue weighted by Crippen LogP contribution is -2.70. The molecular weight excluding hydrogens is 358 g/mol. The van der Waals surface area contributed by atoms with E-state index in [1.54, 1.807) is 0 Å². The van der Waals surface area contributed by atoms with Crippen LogP contribution in [-0.2, 0) is 29.3 Å². The molecule has 4 heterocycles. The second-order valence-corrected chi connectivity index (χ2v) is 10.7. The van der Waals surface area contributed by atoms with E-state index in [1.807, 2.05) is 6.92 Å². The van der Waals surface area contributed by atoms with Gasteiger partial charge in [-0.2, -0.15) is 0 Å². The van der Waals surface area contributed by atoms with Crippen molar-refractivity contribution >= 4 is 10.0 Å². The summed E-state index contributed by atoms with van der Waals surface area (Å²) >= 11 is 0. The molecule has 1 spiro atoms. The SMILES string of the molecule is C[C@H]1[C@H](CCNS(C)(=O)=O)O[C@@H]2O[C@@]3(C)CC[C@H]4[C@H](C)CC[C@@H]1[C@@]24OO3. The Morgan fingerprint density at radius 3 is 2.62 bits per heavy atom. The molecule has 4 saturated heterocycles. The first kappa shape index (κ1) is 19.1. The van der Waals surface area contributed by atoms with Crippen molar-refractivity contribution in [3.8, 4) is 0 Å². The minimum absolute atomic E-state index is 0.0644. The van der Waals surface area contributed by atoms with Gasteiger partial charge in [-0.05, 0) is 50.4 Å². The van der Waals surface area contributed by atoms with Crippen LogP contribution in [0, 0.1) is 23.7 Å². The number of sulfonamides is 1. The Labute approximate surface area is 156 Å². The molecule has 0 amide bonds. The molecule has 0 unspecified atom stereocenters. The largest absolute Gasteiger partial charge is 0.346 e. The summed E-state index contributed by atoms with van der Waals surface area (Å²) in [6.45, 7) is 6.77. The zero-order chi connectivity index (χ0) is 18.7. The summed E-state index contributed by atoms with van der Waals surface area (Å²) in [4.78, 5) is 11.9. The number of nitrogens with one attached hydrogen (secondary N) is 1. The summed E-state index contributed by atoms with van der Waals surface area (Å²) in [6, 6.07) is 0. The van der Waals surface area contributed by atoms with Crippen molar-refractivity contribution in [1.82, 2.24) is 4.72 Å². The van der Waals surface area contributed by atoms with Gasteiger partial charge in [0.25, 0.3) is 0 Å². The Morgan fingerprint density at radius 1 is 1.12 bits per heavy atom. The Balaban J connectivity index is 1.60. The molecule has 1 N–H and O–H groups in total. The average Bonchev–Trinajstić information content (AvgIpc) is 2.77. The van der Waals surface area contributed by atoms with Gasteiger partial charge in [-0.1, -0.05) is 13.8 Å². The van der Waals surface area contributed by atoms with E-state index in [4.69, 9.17) is 19.2 Å². The van der Waals surface area contributed by atoms with Gasteiger partial charge in [0.15, 0.2) is 11.9 Å². The molecule has 4 aliphatic heterocycles. The van der Waals surface area contributed by atoms with Crippen molar-refractivity contribution in [2.24, 2.45) is 23.7 Å². The molecule has 8 heteroatoms. The lowest BCUT2D eigenvalue weighted by atomic mass is 9.57. The van der Waals surface area contributed by atoms with Gasteiger partial charge >= 0.3 is 0 Å². The summed E-state index contributed by atoms with van der Waals surface area (Å²) < 4.78 is 38.0. The van der Waals surface area contributed by atoms with E-state index < -0.39 is 27.7 Å². The van der Waals surface area contributed by atoms with Gasteiger partial charge in [0.2, 0.25) is 15.8 Å². The first-order chi connectivity index (χ1) is 12.1. The first-order valence-corrected chi connectivity index (χ1v) is 11.7. The number of hydrogen-bond acceptors (Lipinski definition) is 6. The van der Waals surface area contributed by atoms with Gasteiger partial charge in [0.05, 0.1) is 12.4 Å². The monoisotopic (exact) mass is 389 g/mol. The zero-order valence-corrected chi connectivity index (χ0v) is 16.9. The van der Waals surface area contributed by atoms with Gasteiger partial charge < -0.3 is 9.47 Å². The Hall–Kier alpha value is -0.250. The summed E-state index contributed by atoms with van der Waals surface area (Å²) in [5, 5.41) is 0. The number of hydrogen-bond donors (Lipinski definition) is 1. The van der Waals surface area contributed by atoms with Crippen LogP contribution in [0.2, 0.25) is 0 Å². The quantitative estimate of drug-likeness (QED) is 0.742. The van der Waals surface area contributed by atoms with Gasteiger partial charge in [0, 0.05) is 18.9 Å². The average molecular weight is 390 g/mol. The molecule has 150 valence electrons. The molecule has 0 aromatic rings. The number of ether oxygens (including phenoxy) is 2. The van der Waals surface area contributed by atoms with Crippen LogP contribution < -0.4 is 4.72 Å². The summed E-state index contributed by atoms with van der Waals surface area (Å²) in [7, 11) is -3.20. The smallest absolute Gasteiger partial charge is 0.208 e. The molecule has 2 bridgehead atoms. The molecule has 5 fully saturated rings. The highest BCUT2D eigenvalue weighted by Crippen LogP contribution is 2.60. The highest BCUT2D eigenvalue weighted by molar-refractivity contribution is 7.88. The minimum Gasteiger partial charge on any atom is -0.346 e. The fourth-order valence-corrected chi connectivity index (χ4v) is 6.18. The highest BCUT2D eigenvalue weighted by Gasteiger charge is 2.69. The van der Waals surface area contributed by atoms with Crippen molar-refractivity contribution in [1.29, 1.82) is 0 Å². The highest BCUT2D eigenvalue weighted by atomic mass is 32.2. The lowest BCUT2D eigenvalue weighted by Gasteiger charge is -2.60. The maximum atomic E-state index is 11.4. The normalized spacial score (nSPS) is 50.9. The maximum Gasteiger partial charge on any atom is 0.208 e. The van der Waals surface area contributed by atoms with Gasteiger partial charge in [-0.25, -0.2) is 22.9 Å². The molecule has 0 aromatic heterocycles. The third-order valence-corrected chi connectivity index (χ3v) is 7.82. The van der Waals surface area contributed by atoms with Crippen molar-refractivity contribution in [3.63, 3.8) is 0 Å². The van der Waals surface area contributed by atoms with E-state index in [0.29, 0.717) is 24.8 Å². The second kappa shape index (κ2) is 6.39. The molecule has 1 aliphatic carbocycles. The van der Waals surface area contributed by atoms with E-state index >= 15 is 0 Å². The summed E-state index contributed by atoms with van der Waals surface area (Å²) in [5.41, 5.74) is -0.548. The predicted molar refractivity (Wildman–Crippen MR) is 94.3 cm³/mol. The molecule has 0 aromatic carbocycles. The molecule has 7 nitrogen and oxygen atoms in total. The molecule has 5 aliphatic rings. The molecule has 26 heavy (non-hydrogen) atoms. The second-order valence-electron chi connectivity index (χ2n) is 8.90. The first-order valence-electron chi connectivity index (χ1n) is 9.79. The fraction of sp³-hybridized carbons (Fsp3) is 1.00. The van der Waals surface area contributed by atoms with Crippen LogP contribution in [0.25, 0.3) is 0 Å². The van der Waals surface area contributed by atoms with E-state index in [9.17, 15) is 8.42 Å². The molecule has 8 atom stereocenters. The Kier molecular flexibility index (Phi) is 4.69. The van der Waals surface area contributed by atoms with E-state index in [2.05, 4.69) is 18.6 Å². The van der Waals surface area contributed by atoms with Gasteiger partial charge in [0.1, 0.15) is 0 Å². The fourth-order valence-electron chi connectivity index (χ4n) is 5.70. The van der Waals surface area contributed by atoms with Crippen LogP contribution in [-0.4, -0.2) is 45.0 Å². The van der Waals surface area contributed by atoms with E-state index in [-0.39, 0.29) is 17.9 Å². The van der Waals surface area contributed by atoms with Gasteiger partial charge in [-0.3, -0.25) is 0 Å². The van der Waals surface area contributed by atoms with E-state index in [0.717, 1.165) is 19.3 Å². The summed E-state index contributed by atoms with van der Waals surface area (Å²) in [6.07, 6.45) is 5.32. The topological polar surface area (TPSA) is 83.1 Å². The Bertz CT molecular complexity index is 656. The number of rotatable bonds is 4. The summed E-state index contributed by atoms with van der Waals surface area (Å²) in [5.74, 6) is 0.660. The Morgan fingerprint density at radius 2 is 1.88 bits per heavy atom. The standard InChI is InChI=1S/C18H31NO6S/c1-11-5-6-14-12(2)15(8-10-19-26(4,20)21)22-16-18(14)13(11)7-9-17(3,23-16)24-25-18/h11-16,19H,5-10H2,1-4H3/t11-,12-,13+,14+,15+,16-,17-,18-/m1/s1. The lowest BCUT2D eigenvalue weighted by molar-refractivity contribution is -0.571. The van der Waals surface area contributed by atoms with Crippen LogP contribution in [0.1, 0.15) is 52.9 Å². The number of fused-ring (bicyclic) bond motifs is 2. The predicted octanol–water partition coefficient (Wildman–Crippen LogP) is 2.18. The molecule has 1 saturated carbocycles. The van der Waals surface area contributed by atoms with E-state index in [1.165, 1.54) is 12.7 Å². The van der Waals surface area contributed by atoms with Gasteiger partial charge in [-0.15, -0.1) is 0 Å². The molecule has 5 rings (SSSR count). The van der Waals surface area contributed by atoms with Crippen LogP contribution in [0.15, 0.2) is 0 Å². The van der Waals surface area contributed by atoms with Crippen molar-refractivity contribution in [2.75, 3.05) is 12.8 Å². The third-order valence-electron chi connectivity index (χ3n) is 7.09. The molecule has 0 radical (unpaired) electrons. The van der Waals surface area contributed by atoms with Crippen LogP contribution in [0.5, 0.6) is 0 Å². The van der Waals surface area contributed by atoms with Crippen molar-refractivity contribution in [2.45, 2.75) is 76.7 Å². The van der Waals surface area contributed by atoms with Crippen LogP contribution in [0.4, 0.5) is 0 Å². The minimum atomic E-state index is -3.20. The van der Waals surface area contributed by atoms with Crippen LogP contribution >= 0.6 is 0 Å².